The van der Waals surface area contributed by atoms with Crippen LogP contribution >= 0.6 is 0 Å². The van der Waals surface area contributed by atoms with Crippen LogP contribution in [0.15, 0.2) is 176 Å². The van der Waals surface area contributed by atoms with Gasteiger partial charge in [0.15, 0.2) is 5.82 Å². The Bertz CT molecular complexity index is 2910. The molecule has 0 radical (unpaired) electrons. The molecule has 10 aromatic rings. The lowest BCUT2D eigenvalue weighted by Gasteiger charge is -2.16. The standard InChI is InChI=1S/C47H29N3/c1-2-13-32(14-3-1)45-39-19-9-11-21-43(39)49-47(50-45)33-25-23-31(24-26-33)40-29-41-44(37-17-7-6-16-36(37)40)38-18-8-10-20-42(38)48-46(41)35-27-22-30-12-4-5-15-34(30)28-35/h1-29H. The summed E-state index contributed by atoms with van der Waals surface area (Å²) >= 11 is 0. The molecular weight excluding hydrogens is 607 g/mol. The summed E-state index contributed by atoms with van der Waals surface area (Å²) in [5.41, 5.74) is 9.33. The van der Waals surface area contributed by atoms with Gasteiger partial charge in [0.1, 0.15) is 0 Å². The zero-order valence-electron chi connectivity index (χ0n) is 27.1. The van der Waals surface area contributed by atoms with Gasteiger partial charge < -0.3 is 0 Å². The topological polar surface area (TPSA) is 38.7 Å². The Labute approximate surface area is 289 Å². The average molecular weight is 636 g/mol. The zero-order chi connectivity index (χ0) is 33.0. The molecule has 2 heterocycles. The summed E-state index contributed by atoms with van der Waals surface area (Å²) in [6, 6.07) is 62.1. The fourth-order valence-corrected chi connectivity index (χ4v) is 7.43. The third-order valence-electron chi connectivity index (χ3n) is 9.83. The van der Waals surface area contributed by atoms with Crippen molar-refractivity contribution in [1.82, 2.24) is 15.0 Å². The highest BCUT2D eigenvalue weighted by molar-refractivity contribution is 6.25. The van der Waals surface area contributed by atoms with Gasteiger partial charge in [0.05, 0.1) is 22.4 Å². The number of rotatable bonds is 4. The molecule has 3 nitrogen and oxygen atoms in total. The number of hydrogen-bond donors (Lipinski definition) is 0. The third kappa shape index (κ3) is 4.63. The maximum absolute atomic E-state index is 5.32. The summed E-state index contributed by atoms with van der Waals surface area (Å²) in [5, 5.41) is 9.43. The van der Waals surface area contributed by atoms with Gasteiger partial charge in [-0.1, -0.05) is 152 Å². The number of nitrogens with zero attached hydrogens (tertiary/aromatic N) is 3. The molecule has 0 N–H and O–H groups in total. The predicted molar refractivity (Wildman–Crippen MR) is 209 cm³/mol. The second-order valence-corrected chi connectivity index (χ2v) is 12.8. The van der Waals surface area contributed by atoms with Gasteiger partial charge in [0.25, 0.3) is 0 Å². The Kier molecular flexibility index (Phi) is 6.49. The van der Waals surface area contributed by atoms with Crippen molar-refractivity contribution in [3.8, 4) is 45.0 Å². The molecule has 50 heavy (non-hydrogen) atoms. The molecule has 0 fully saturated rings. The minimum Gasteiger partial charge on any atom is -0.247 e. The number of pyridine rings is 1. The van der Waals surface area contributed by atoms with Crippen LogP contribution in [0, 0.1) is 0 Å². The molecule has 3 heteroatoms. The van der Waals surface area contributed by atoms with Crippen LogP contribution in [0.4, 0.5) is 0 Å². The van der Waals surface area contributed by atoms with Gasteiger partial charge >= 0.3 is 0 Å². The van der Waals surface area contributed by atoms with Crippen LogP contribution < -0.4 is 0 Å². The molecular formula is C47H29N3. The molecule has 0 aliphatic rings. The highest BCUT2D eigenvalue weighted by atomic mass is 14.9. The summed E-state index contributed by atoms with van der Waals surface area (Å²) in [7, 11) is 0. The van der Waals surface area contributed by atoms with E-state index in [2.05, 4.69) is 158 Å². The Balaban J connectivity index is 1.18. The van der Waals surface area contributed by atoms with Gasteiger partial charge in [-0.2, -0.15) is 0 Å². The van der Waals surface area contributed by atoms with E-state index in [1.807, 2.05) is 18.2 Å². The molecule has 0 amide bonds. The lowest BCUT2D eigenvalue weighted by atomic mass is 9.89. The molecule has 0 atom stereocenters. The number of aromatic nitrogens is 3. The SMILES string of the molecule is c1ccc(-c2nc(-c3ccc(-c4cc5c(-c6ccc7ccccc7c6)nc6ccccc6c5c5ccccc45)cc3)nc3ccccc23)cc1. The van der Waals surface area contributed by atoms with Gasteiger partial charge in [-0.15, -0.1) is 0 Å². The molecule has 0 aliphatic heterocycles. The molecule has 2 aromatic heterocycles. The maximum Gasteiger partial charge on any atom is 0.160 e. The normalized spacial score (nSPS) is 11.6. The van der Waals surface area contributed by atoms with E-state index >= 15 is 0 Å². The van der Waals surface area contributed by atoms with E-state index in [1.165, 1.54) is 32.5 Å². The lowest BCUT2D eigenvalue weighted by molar-refractivity contribution is 1.23. The molecule has 8 aromatic carbocycles. The van der Waals surface area contributed by atoms with Gasteiger partial charge in [-0.3, -0.25) is 0 Å². The van der Waals surface area contributed by atoms with Crippen molar-refractivity contribution in [3.63, 3.8) is 0 Å². The molecule has 0 saturated carbocycles. The van der Waals surface area contributed by atoms with E-state index in [9.17, 15) is 0 Å². The predicted octanol–water partition coefficient (Wildman–Crippen LogP) is 12.3. The average Bonchev–Trinajstić information content (AvgIpc) is 3.20. The smallest absolute Gasteiger partial charge is 0.160 e. The first-order valence-electron chi connectivity index (χ1n) is 16.9. The lowest BCUT2D eigenvalue weighted by Crippen LogP contribution is -1.95. The van der Waals surface area contributed by atoms with E-state index in [0.717, 1.165) is 60.8 Å². The van der Waals surface area contributed by atoms with Crippen molar-refractivity contribution >= 4 is 54.1 Å². The minimum atomic E-state index is 0.715. The van der Waals surface area contributed by atoms with Gasteiger partial charge in [0, 0.05) is 38.2 Å². The number of fused-ring (bicyclic) bond motifs is 7. The summed E-state index contributed by atoms with van der Waals surface area (Å²) < 4.78 is 0. The first-order chi connectivity index (χ1) is 24.8. The van der Waals surface area contributed by atoms with Crippen LogP contribution in [0.2, 0.25) is 0 Å². The van der Waals surface area contributed by atoms with Crippen LogP contribution in [0.1, 0.15) is 0 Å². The first-order valence-corrected chi connectivity index (χ1v) is 16.9. The fraction of sp³-hybridized carbons (Fsp3) is 0. The van der Waals surface area contributed by atoms with Crippen molar-refractivity contribution < 1.29 is 0 Å². The van der Waals surface area contributed by atoms with E-state index in [1.54, 1.807) is 0 Å². The molecule has 0 spiro atoms. The summed E-state index contributed by atoms with van der Waals surface area (Å²) in [6.07, 6.45) is 0. The highest BCUT2D eigenvalue weighted by Gasteiger charge is 2.17. The van der Waals surface area contributed by atoms with Crippen molar-refractivity contribution in [2.24, 2.45) is 0 Å². The van der Waals surface area contributed by atoms with E-state index in [-0.39, 0.29) is 0 Å². The van der Waals surface area contributed by atoms with Crippen LogP contribution in [-0.2, 0) is 0 Å². The first kappa shape index (κ1) is 28.3. The van der Waals surface area contributed by atoms with Gasteiger partial charge in [-0.05, 0) is 56.9 Å². The quantitative estimate of drug-likeness (QED) is 0.181. The van der Waals surface area contributed by atoms with Crippen LogP contribution in [-0.4, -0.2) is 15.0 Å². The number of benzene rings is 8. The summed E-state index contributed by atoms with van der Waals surface area (Å²) in [5.74, 6) is 0.715. The van der Waals surface area contributed by atoms with Crippen LogP contribution in [0.25, 0.3) is 99.2 Å². The summed E-state index contributed by atoms with van der Waals surface area (Å²) in [6.45, 7) is 0. The second kappa shape index (κ2) is 11.5. The molecule has 232 valence electrons. The van der Waals surface area contributed by atoms with E-state index in [4.69, 9.17) is 15.0 Å². The fourth-order valence-electron chi connectivity index (χ4n) is 7.43. The van der Waals surface area contributed by atoms with Gasteiger partial charge in [-0.25, -0.2) is 15.0 Å². The maximum atomic E-state index is 5.32. The Morgan fingerprint density at radius 1 is 0.300 bits per heavy atom. The number of hydrogen-bond acceptors (Lipinski definition) is 3. The van der Waals surface area contributed by atoms with Gasteiger partial charge in [0.2, 0.25) is 0 Å². The monoisotopic (exact) mass is 635 g/mol. The second-order valence-electron chi connectivity index (χ2n) is 12.8. The Morgan fingerprint density at radius 3 is 1.68 bits per heavy atom. The van der Waals surface area contributed by atoms with Crippen molar-refractivity contribution in [1.29, 1.82) is 0 Å². The summed E-state index contributed by atoms with van der Waals surface area (Å²) in [4.78, 5) is 15.4. The van der Waals surface area contributed by atoms with Crippen molar-refractivity contribution in [3.05, 3.63) is 176 Å². The van der Waals surface area contributed by atoms with E-state index in [0.29, 0.717) is 5.82 Å². The van der Waals surface area contributed by atoms with E-state index < -0.39 is 0 Å². The largest absolute Gasteiger partial charge is 0.247 e. The zero-order valence-corrected chi connectivity index (χ0v) is 27.1. The Morgan fingerprint density at radius 2 is 0.880 bits per heavy atom. The highest BCUT2D eigenvalue weighted by Crippen LogP contribution is 2.42. The molecule has 0 bridgehead atoms. The van der Waals surface area contributed by atoms with Crippen molar-refractivity contribution in [2.45, 2.75) is 0 Å². The molecule has 0 aliphatic carbocycles. The van der Waals surface area contributed by atoms with Crippen molar-refractivity contribution in [2.75, 3.05) is 0 Å². The number of para-hydroxylation sites is 2. The van der Waals surface area contributed by atoms with Crippen LogP contribution in [0.5, 0.6) is 0 Å². The molecule has 10 rings (SSSR count). The third-order valence-corrected chi connectivity index (χ3v) is 9.83. The Hall–Kier alpha value is -6.71. The van der Waals surface area contributed by atoms with Crippen LogP contribution in [0.3, 0.4) is 0 Å². The molecule has 0 saturated heterocycles. The molecule has 0 unspecified atom stereocenters. The minimum absolute atomic E-state index is 0.715.